The van der Waals surface area contributed by atoms with E-state index in [-0.39, 0.29) is 31.9 Å². The van der Waals surface area contributed by atoms with Crippen molar-refractivity contribution in [3.05, 3.63) is 33.8 Å². The molecule has 1 aliphatic heterocycles. The van der Waals surface area contributed by atoms with Gasteiger partial charge in [-0.3, -0.25) is 19.8 Å². The van der Waals surface area contributed by atoms with E-state index in [4.69, 9.17) is 27.9 Å². The number of ether oxygens (including phenoxy) is 1. The highest BCUT2D eigenvalue weighted by molar-refractivity contribution is 6.34. The normalized spacial score (nSPS) is 18.6. The van der Waals surface area contributed by atoms with Gasteiger partial charge in [-0.05, 0) is 42.5 Å². The molecule has 8 nitrogen and oxygen atoms in total. The Labute approximate surface area is 178 Å². The van der Waals surface area contributed by atoms with Crippen molar-refractivity contribution in [1.29, 1.82) is 0 Å². The van der Waals surface area contributed by atoms with Gasteiger partial charge in [-0.1, -0.05) is 37.0 Å². The molecule has 1 fully saturated rings. The van der Waals surface area contributed by atoms with Crippen LogP contribution < -0.4 is 5.32 Å². The van der Waals surface area contributed by atoms with Gasteiger partial charge in [0.25, 0.3) is 0 Å². The number of carboxylic acid groups (broad SMARTS) is 2. The third kappa shape index (κ3) is 6.76. The highest BCUT2D eigenvalue weighted by atomic mass is 35.5. The Morgan fingerprint density at radius 1 is 1.17 bits per heavy atom. The summed E-state index contributed by atoms with van der Waals surface area (Å²) in [6.07, 6.45) is -0.298. The van der Waals surface area contributed by atoms with E-state index >= 15 is 0 Å². The molecular weight excluding hydrogens is 423 g/mol. The van der Waals surface area contributed by atoms with Crippen molar-refractivity contribution in [2.45, 2.75) is 51.4 Å². The molecule has 0 saturated carbocycles. The molecule has 3 N–H and O–H groups in total. The number of rotatable bonds is 10. The number of carboxylic acids is 2. The molecule has 0 spiro atoms. The minimum atomic E-state index is -1.19. The number of nitrogens with zero attached hydrogens (tertiary/aromatic N) is 1. The SMILES string of the molecule is CC(C)C[C@@H](N[C@@H](C[C@H]1COC(=O)N1Cc1cc(Cl)cc(Cl)c1)C(=O)O)C(=O)O. The predicted octanol–water partition coefficient (Wildman–Crippen LogP) is 3.25. The van der Waals surface area contributed by atoms with E-state index in [1.807, 2.05) is 13.8 Å². The number of amides is 1. The van der Waals surface area contributed by atoms with Gasteiger partial charge in [-0.15, -0.1) is 0 Å². The van der Waals surface area contributed by atoms with Gasteiger partial charge in [0.15, 0.2) is 0 Å². The Bertz CT molecular complexity index is 753. The minimum absolute atomic E-state index is 0.00273. The molecule has 0 radical (unpaired) electrons. The summed E-state index contributed by atoms with van der Waals surface area (Å²) < 4.78 is 5.09. The number of halogens is 2. The number of carbonyl (C=O) groups excluding carboxylic acids is 1. The van der Waals surface area contributed by atoms with Gasteiger partial charge in [-0.2, -0.15) is 0 Å². The van der Waals surface area contributed by atoms with Crippen molar-refractivity contribution >= 4 is 41.2 Å². The third-order valence-electron chi connectivity index (χ3n) is 4.56. The van der Waals surface area contributed by atoms with Crippen LogP contribution in [0.1, 0.15) is 32.3 Å². The predicted molar refractivity (Wildman–Crippen MR) is 107 cm³/mol. The second-order valence-corrected chi connectivity index (χ2v) is 8.32. The van der Waals surface area contributed by atoms with Gasteiger partial charge in [0, 0.05) is 16.6 Å². The summed E-state index contributed by atoms with van der Waals surface area (Å²) in [5.74, 6) is -2.24. The lowest BCUT2D eigenvalue weighted by atomic mass is 10.0. The molecule has 0 aromatic heterocycles. The Morgan fingerprint density at radius 3 is 2.28 bits per heavy atom. The molecule has 3 atom stereocenters. The second kappa shape index (κ2) is 10.1. The van der Waals surface area contributed by atoms with Crippen LogP contribution in [0.5, 0.6) is 0 Å². The Hall–Kier alpha value is -2.03. The van der Waals surface area contributed by atoms with Gasteiger partial charge in [0.05, 0.1) is 6.04 Å². The molecule has 2 rings (SSSR count). The minimum Gasteiger partial charge on any atom is -0.480 e. The molecule has 0 aliphatic carbocycles. The van der Waals surface area contributed by atoms with Gasteiger partial charge < -0.3 is 14.9 Å². The quantitative estimate of drug-likeness (QED) is 0.504. The van der Waals surface area contributed by atoms with E-state index < -0.39 is 36.2 Å². The zero-order valence-electron chi connectivity index (χ0n) is 16.1. The largest absolute Gasteiger partial charge is 0.480 e. The van der Waals surface area contributed by atoms with Crippen molar-refractivity contribution in [2.24, 2.45) is 5.92 Å². The number of aliphatic carboxylic acids is 2. The summed E-state index contributed by atoms with van der Waals surface area (Å²) in [5, 5.41) is 22.5. The summed E-state index contributed by atoms with van der Waals surface area (Å²) in [6.45, 7) is 3.87. The number of cyclic esters (lactones) is 1. The first-order valence-corrected chi connectivity index (χ1v) is 9.92. The van der Waals surface area contributed by atoms with Crippen molar-refractivity contribution in [1.82, 2.24) is 10.2 Å². The zero-order chi connectivity index (χ0) is 21.7. The molecule has 10 heteroatoms. The maximum atomic E-state index is 12.2. The average Bonchev–Trinajstić information content (AvgIpc) is 2.92. The Balaban J connectivity index is 2.13. The molecule has 1 saturated heterocycles. The van der Waals surface area contributed by atoms with Crippen LogP contribution in [0.4, 0.5) is 4.79 Å². The summed E-state index contributed by atoms with van der Waals surface area (Å²) in [4.78, 5) is 36.8. The molecule has 29 heavy (non-hydrogen) atoms. The summed E-state index contributed by atoms with van der Waals surface area (Å²) >= 11 is 12.0. The number of benzene rings is 1. The van der Waals surface area contributed by atoms with Gasteiger partial charge >= 0.3 is 18.0 Å². The van der Waals surface area contributed by atoms with Crippen LogP contribution in [0.3, 0.4) is 0 Å². The first-order valence-electron chi connectivity index (χ1n) is 9.16. The maximum Gasteiger partial charge on any atom is 0.410 e. The van der Waals surface area contributed by atoms with E-state index in [1.165, 1.54) is 4.90 Å². The zero-order valence-corrected chi connectivity index (χ0v) is 17.6. The third-order valence-corrected chi connectivity index (χ3v) is 5.00. The van der Waals surface area contributed by atoms with Crippen molar-refractivity contribution < 1.29 is 29.3 Å². The van der Waals surface area contributed by atoms with Crippen molar-refractivity contribution in [2.75, 3.05) is 6.61 Å². The molecule has 1 aliphatic rings. The monoisotopic (exact) mass is 446 g/mol. The molecule has 0 unspecified atom stereocenters. The number of hydrogen-bond donors (Lipinski definition) is 3. The molecule has 1 aromatic carbocycles. The van der Waals surface area contributed by atoms with Gasteiger partial charge in [0.2, 0.25) is 0 Å². The lowest BCUT2D eigenvalue weighted by molar-refractivity contribution is -0.143. The Kier molecular flexibility index (Phi) is 8.13. The fourth-order valence-electron chi connectivity index (χ4n) is 3.24. The lowest BCUT2D eigenvalue weighted by Crippen LogP contribution is -2.50. The standard InChI is InChI=1S/C19H24Cl2N2O6/c1-10(2)3-15(17(24)25)22-16(18(26)27)7-14-9-29-19(28)23(14)8-11-4-12(20)6-13(21)5-11/h4-6,10,14-16,22H,3,7-9H2,1-2H3,(H,24,25)(H,26,27)/t14-,15+,16-/m0/s1. The molecule has 1 aromatic rings. The van der Waals surface area contributed by atoms with E-state index in [2.05, 4.69) is 5.32 Å². The van der Waals surface area contributed by atoms with Gasteiger partial charge in [0.1, 0.15) is 18.7 Å². The number of hydrogen-bond acceptors (Lipinski definition) is 5. The van der Waals surface area contributed by atoms with Crippen molar-refractivity contribution in [3.8, 4) is 0 Å². The van der Waals surface area contributed by atoms with E-state index in [0.29, 0.717) is 15.6 Å². The highest BCUT2D eigenvalue weighted by Crippen LogP contribution is 2.24. The first-order chi connectivity index (χ1) is 13.6. The fraction of sp³-hybridized carbons (Fsp3) is 0.526. The number of carbonyl (C=O) groups is 3. The van der Waals surface area contributed by atoms with Crippen LogP contribution in [0.25, 0.3) is 0 Å². The van der Waals surface area contributed by atoms with Crippen LogP contribution in [-0.4, -0.2) is 57.9 Å². The molecular formula is C19H24Cl2N2O6. The molecule has 1 amide bonds. The van der Waals surface area contributed by atoms with Crippen LogP contribution >= 0.6 is 23.2 Å². The highest BCUT2D eigenvalue weighted by Gasteiger charge is 2.37. The molecule has 0 bridgehead atoms. The maximum absolute atomic E-state index is 12.2. The Morgan fingerprint density at radius 2 is 1.76 bits per heavy atom. The lowest BCUT2D eigenvalue weighted by Gasteiger charge is -2.27. The van der Waals surface area contributed by atoms with E-state index in [9.17, 15) is 24.6 Å². The fourth-order valence-corrected chi connectivity index (χ4v) is 3.82. The van der Waals surface area contributed by atoms with Gasteiger partial charge in [-0.25, -0.2) is 4.79 Å². The average molecular weight is 447 g/mol. The molecule has 1 heterocycles. The summed E-state index contributed by atoms with van der Waals surface area (Å²) in [6, 6.07) is 2.19. The van der Waals surface area contributed by atoms with Crippen LogP contribution in [0, 0.1) is 5.92 Å². The topological polar surface area (TPSA) is 116 Å². The first kappa shape index (κ1) is 23.3. The van der Waals surface area contributed by atoms with Crippen LogP contribution in [0.15, 0.2) is 18.2 Å². The van der Waals surface area contributed by atoms with E-state index in [0.717, 1.165) is 0 Å². The van der Waals surface area contributed by atoms with Crippen LogP contribution in [0.2, 0.25) is 10.0 Å². The number of nitrogens with one attached hydrogen (secondary N) is 1. The smallest absolute Gasteiger partial charge is 0.410 e. The molecule has 160 valence electrons. The van der Waals surface area contributed by atoms with Crippen LogP contribution in [-0.2, 0) is 20.9 Å². The van der Waals surface area contributed by atoms with Crippen molar-refractivity contribution in [3.63, 3.8) is 0 Å². The van der Waals surface area contributed by atoms with E-state index in [1.54, 1.807) is 18.2 Å². The second-order valence-electron chi connectivity index (χ2n) is 7.45. The summed E-state index contributed by atoms with van der Waals surface area (Å²) in [7, 11) is 0. The summed E-state index contributed by atoms with van der Waals surface area (Å²) in [5.41, 5.74) is 0.675.